The van der Waals surface area contributed by atoms with E-state index in [0.717, 1.165) is 32.7 Å². The molecule has 0 spiro atoms. The van der Waals surface area contributed by atoms with Crippen LogP contribution < -0.4 is 0 Å². The molecular weight excluding hydrogens is 272 g/mol. The molecule has 0 amide bonds. The van der Waals surface area contributed by atoms with Crippen molar-refractivity contribution in [1.29, 1.82) is 0 Å². The number of aromatic hydroxyl groups is 2. The van der Waals surface area contributed by atoms with Gasteiger partial charge in [-0.05, 0) is 51.6 Å². The highest BCUT2D eigenvalue weighted by atomic mass is 16.3. The first-order chi connectivity index (χ1) is 10.7. The minimum atomic E-state index is 0.241. The molecule has 0 fully saturated rings. The number of rotatable bonds is 1. The monoisotopic (exact) mass is 286 g/mol. The highest BCUT2D eigenvalue weighted by Gasteiger charge is 2.08. The molecule has 0 aliphatic heterocycles. The molecule has 4 rings (SSSR count). The molecule has 2 nitrogen and oxygen atoms in total. The van der Waals surface area contributed by atoms with E-state index in [1.807, 2.05) is 48.5 Å². The lowest BCUT2D eigenvalue weighted by atomic mass is 9.95. The van der Waals surface area contributed by atoms with Crippen molar-refractivity contribution >= 4 is 21.5 Å². The maximum Gasteiger partial charge on any atom is 0.124 e. The van der Waals surface area contributed by atoms with Crippen LogP contribution >= 0.6 is 0 Å². The summed E-state index contributed by atoms with van der Waals surface area (Å²) in [7, 11) is 0. The molecule has 0 saturated heterocycles. The van der Waals surface area contributed by atoms with Gasteiger partial charge >= 0.3 is 0 Å². The van der Waals surface area contributed by atoms with E-state index in [0.29, 0.717) is 0 Å². The second kappa shape index (κ2) is 4.78. The summed E-state index contributed by atoms with van der Waals surface area (Å²) in [6, 6.07) is 23.0. The highest BCUT2D eigenvalue weighted by Crippen LogP contribution is 2.36. The molecule has 0 aliphatic rings. The number of benzene rings is 4. The van der Waals surface area contributed by atoms with Gasteiger partial charge in [0.05, 0.1) is 0 Å². The van der Waals surface area contributed by atoms with Gasteiger partial charge in [0, 0.05) is 5.39 Å². The van der Waals surface area contributed by atoms with E-state index in [-0.39, 0.29) is 11.5 Å². The molecule has 4 aromatic rings. The van der Waals surface area contributed by atoms with Crippen molar-refractivity contribution in [2.75, 3.05) is 0 Å². The van der Waals surface area contributed by atoms with E-state index in [9.17, 15) is 10.2 Å². The lowest BCUT2D eigenvalue weighted by molar-refractivity contribution is 0.476. The van der Waals surface area contributed by atoms with Crippen molar-refractivity contribution in [3.05, 3.63) is 72.8 Å². The number of fused-ring (bicyclic) bond motifs is 2. The fourth-order valence-corrected chi connectivity index (χ4v) is 2.96. The molecule has 0 radical (unpaired) electrons. The first-order valence-corrected chi connectivity index (χ1v) is 7.16. The first-order valence-electron chi connectivity index (χ1n) is 7.16. The molecule has 0 atom stereocenters. The standard InChI is InChI=1S/C20H14O2/c21-16-9-8-13-5-3-7-17(19(13)12-16)15-10-14-4-1-2-6-18(14)20(22)11-15/h1-12,21-22H. The van der Waals surface area contributed by atoms with Crippen molar-refractivity contribution in [2.45, 2.75) is 0 Å². The zero-order valence-electron chi connectivity index (χ0n) is 11.8. The Hall–Kier alpha value is -3.00. The molecule has 4 aromatic carbocycles. The Morgan fingerprint density at radius 1 is 0.591 bits per heavy atom. The number of hydrogen-bond acceptors (Lipinski definition) is 2. The minimum absolute atomic E-state index is 0.241. The van der Waals surface area contributed by atoms with E-state index in [1.54, 1.807) is 18.2 Å². The van der Waals surface area contributed by atoms with Gasteiger partial charge in [0.2, 0.25) is 0 Å². The van der Waals surface area contributed by atoms with Crippen LogP contribution in [0.3, 0.4) is 0 Å². The summed E-state index contributed by atoms with van der Waals surface area (Å²) in [6.07, 6.45) is 0. The summed E-state index contributed by atoms with van der Waals surface area (Å²) in [6.45, 7) is 0. The largest absolute Gasteiger partial charge is 0.508 e. The SMILES string of the molecule is Oc1ccc2cccc(-c3cc(O)c4ccccc4c3)c2c1. The summed E-state index contributed by atoms with van der Waals surface area (Å²) in [5, 5.41) is 23.9. The average Bonchev–Trinajstić information content (AvgIpc) is 2.54. The fourth-order valence-electron chi connectivity index (χ4n) is 2.96. The van der Waals surface area contributed by atoms with Gasteiger partial charge in [-0.25, -0.2) is 0 Å². The predicted molar refractivity (Wildman–Crippen MR) is 90.2 cm³/mol. The number of phenols is 2. The van der Waals surface area contributed by atoms with Crippen LogP contribution in [-0.4, -0.2) is 10.2 Å². The van der Waals surface area contributed by atoms with E-state index >= 15 is 0 Å². The summed E-state index contributed by atoms with van der Waals surface area (Å²) in [5.41, 5.74) is 1.93. The predicted octanol–water partition coefficient (Wildman–Crippen LogP) is 5.07. The van der Waals surface area contributed by atoms with Gasteiger partial charge in [-0.2, -0.15) is 0 Å². The van der Waals surface area contributed by atoms with Crippen LogP contribution in [-0.2, 0) is 0 Å². The normalized spacial score (nSPS) is 11.1. The maximum atomic E-state index is 10.3. The summed E-state index contributed by atoms with van der Waals surface area (Å²) in [5.74, 6) is 0.509. The van der Waals surface area contributed by atoms with E-state index < -0.39 is 0 Å². The Bertz CT molecular complexity index is 1000. The minimum Gasteiger partial charge on any atom is -0.508 e. The van der Waals surface area contributed by atoms with Crippen molar-refractivity contribution < 1.29 is 10.2 Å². The smallest absolute Gasteiger partial charge is 0.124 e. The van der Waals surface area contributed by atoms with Crippen LogP contribution in [0, 0.1) is 0 Å². The van der Waals surface area contributed by atoms with Gasteiger partial charge in [0.15, 0.2) is 0 Å². The Morgan fingerprint density at radius 2 is 1.41 bits per heavy atom. The van der Waals surface area contributed by atoms with Crippen molar-refractivity contribution in [1.82, 2.24) is 0 Å². The Labute approximate surface area is 127 Å². The van der Waals surface area contributed by atoms with Crippen LogP contribution in [0.4, 0.5) is 0 Å². The molecule has 0 aliphatic carbocycles. The van der Waals surface area contributed by atoms with Gasteiger partial charge in [-0.3, -0.25) is 0 Å². The van der Waals surface area contributed by atoms with Crippen LogP contribution in [0.15, 0.2) is 72.8 Å². The number of phenolic OH excluding ortho intramolecular Hbond substituents is 2. The second-order valence-electron chi connectivity index (χ2n) is 5.43. The lowest BCUT2D eigenvalue weighted by Crippen LogP contribution is -1.83. The molecule has 2 N–H and O–H groups in total. The molecule has 0 saturated carbocycles. The van der Waals surface area contributed by atoms with Gasteiger partial charge in [0.1, 0.15) is 11.5 Å². The second-order valence-corrected chi connectivity index (χ2v) is 5.43. The molecule has 0 unspecified atom stereocenters. The van der Waals surface area contributed by atoms with Crippen molar-refractivity contribution in [2.24, 2.45) is 0 Å². The molecule has 2 heteroatoms. The molecular formula is C20H14O2. The van der Waals surface area contributed by atoms with E-state index in [1.165, 1.54) is 0 Å². The topological polar surface area (TPSA) is 40.5 Å². The van der Waals surface area contributed by atoms with Gasteiger partial charge < -0.3 is 10.2 Å². The summed E-state index contributed by atoms with van der Waals surface area (Å²) in [4.78, 5) is 0. The summed E-state index contributed by atoms with van der Waals surface area (Å²) >= 11 is 0. The van der Waals surface area contributed by atoms with Gasteiger partial charge in [0.25, 0.3) is 0 Å². The van der Waals surface area contributed by atoms with Crippen LogP contribution in [0.1, 0.15) is 0 Å². The summed E-state index contributed by atoms with van der Waals surface area (Å²) < 4.78 is 0. The fraction of sp³-hybridized carbons (Fsp3) is 0. The van der Waals surface area contributed by atoms with Gasteiger partial charge in [-0.15, -0.1) is 0 Å². The van der Waals surface area contributed by atoms with E-state index in [2.05, 4.69) is 6.07 Å². The van der Waals surface area contributed by atoms with Crippen LogP contribution in [0.2, 0.25) is 0 Å². The molecule has 22 heavy (non-hydrogen) atoms. The Morgan fingerprint density at radius 3 is 2.32 bits per heavy atom. The molecule has 106 valence electrons. The Balaban J connectivity index is 2.05. The zero-order chi connectivity index (χ0) is 15.1. The van der Waals surface area contributed by atoms with E-state index in [4.69, 9.17) is 0 Å². The maximum absolute atomic E-state index is 10.3. The van der Waals surface area contributed by atoms with Crippen LogP contribution in [0.25, 0.3) is 32.7 Å². The third-order valence-electron chi connectivity index (χ3n) is 4.02. The molecule has 0 aromatic heterocycles. The molecule has 0 heterocycles. The third-order valence-corrected chi connectivity index (χ3v) is 4.02. The van der Waals surface area contributed by atoms with Crippen molar-refractivity contribution in [3.63, 3.8) is 0 Å². The zero-order valence-corrected chi connectivity index (χ0v) is 11.8. The van der Waals surface area contributed by atoms with Crippen LogP contribution in [0.5, 0.6) is 11.5 Å². The number of hydrogen-bond donors (Lipinski definition) is 2. The first kappa shape index (κ1) is 12.7. The van der Waals surface area contributed by atoms with Crippen molar-refractivity contribution in [3.8, 4) is 22.6 Å². The Kier molecular flexibility index (Phi) is 2.76. The average molecular weight is 286 g/mol. The third kappa shape index (κ3) is 1.97. The van der Waals surface area contributed by atoms with Gasteiger partial charge in [-0.1, -0.05) is 48.5 Å². The quantitative estimate of drug-likeness (QED) is 0.513. The lowest BCUT2D eigenvalue weighted by Gasteiger charge is -2.10. The molecule has 0 bridgehead atoms. The highest BCUT2D eigenvalue weighted by molar-refractivity contribution is 6.01.